The second-order valence-corrected chi connectivity index (χ2v) is 4.62. The lowest BCUT2D eigenvalue weighted by Gasteiger charge is -2.24. The first-order valence-electron chi connectivity index (χ1n) is 4.34. The SMILES string of the molecule is COC1C=CC2=C(C1)NS(=O)(=O)N=C2N. The van der Waals surface area contributed by atoms with Crippen LogP contribution in [-0.4, -0.2) is 27.5 Å². The van der Waals surface area contributed by atoms with E-state index >= 15 is 0 Å². The number of hydrogen-bond donors (Lipinski definition) is 2. The Hall–Kier alpha value is -1.34. The average Bonchev–Trinajstić information content (AvgIpc) is 2.14. The highest BCUT2D eigenvalue weighted by Crippen LogP contribution is 2.23. The van der Waals surface area contributed by atoms with Gasteiger partial charge in [0.1, 0.15) is 5.84 Å². The number of nitrogens with one attached hydrogen (secondary N) is 1. The van der Waals surface area contributed by atoms with E-state index in [1.165, 1.54) is 0 Å². The molecule has 1 atom stereocenters. The van der Waals surface area contributed by atoms with Gasteiger partial charge in [-0.2, -0.15) is 8.42 Å². The Labute approximate surface area is 87.7 Å². The van der Waals surface area contributed by atoms with E-state index in [0.29, 0.717) is 17.7 Å². The number of rotatable bonds is 1. The van der Waals surface area contributed by atoms with Crippen molar-refractivity contribution in [1.29, 1.82) is 0 Å². The molecule has 0 aromatic heterocycles. The molecule has 3 N–H and O–H groups in total. The number of nitrogens with two attached hydrogens (primary N) is 1. The summed E-state index contributed by atoms with van der Waals surface area (Å²) in [6, 6.07) is 0. The van der Waals surface area contributed by atoms with Crippen LogP contribution in [0.3, 0.4) is 0 Å². The van der Waals surface area contributed by atoms with Gasteiger partial charge in [-0.25, -0.2) is 0 Å². The van der Waals surface area contributed by atoms with Gasteiger partial charge >= 0.3 is 10.2 Å². The van der Waals surface area contributed by atoms with Crippen LogP contribution in [0.5, 0.6) is 0 Å². The first-order chi connectivity index (χ1) is 7.02. The summed E-state index contributed by atoms with van der Waals surface area (Å²) in [5.74, 6) is 0.0227. The van der Waals surface area contributed by atoms with Gasteiger partial charge in [0, 0.05) is 24.8 Å². The van der Waals surface area contributed by atoms with Crippen molar-refractivity contribution in [3.05, 3.63) is 23.4 Å². The maximum atomic E-state index is 11.2. The molecule has 1 aliphatic heterocycles. The Bertz CT molecular complexity index is 475. The minimum atomic E-state index is -3.67. The smallest absolute Gasteiger partial charge is 0.344 e. The normalized spacial score (nSPS) is 28.1. The number of nitrogens with zero attached hydrogens (tertiary/aromatic N) is 1. The first-order valence-corrected chi connectivity index (χ1v) is 5.78. The van der Waals surface area contributed by atoms with Gasteiger partial charge in [-0.3, -0.25) is 4.72 Å². The summed E-state index contributed by atoms with van der Waals surface area (Å²) in [7, 11) is -2.10. The molecule has 1 heterocycles. The van der Waals surface area contributed by atoms with Crippen molar-refractivity contribution in [2.24, 2.45) is 10.1 Å². The molecule has 0 saturated carbocycles. The van der Waals surface area contributed by atoms with Gasteiger partial charge in [0.15, 0.2) is 0 Å². The fraction of sp³-hybridized carbons (Fsp3) is 0.375. The lowest BCUT2D eigenvalue weighted by Crippen LogP contribution is -2.36. The maximum Gasteiger partial charge on any atom is 0.344 e. The second-order valence-electron chi connectivity index (χ2n) is 3.28. The molecule has 6 nitrogen and oxygen atoms in total. The van der Waals surface area contributed by atoms with Crippen molar-refractivity contribution in [2.45, 2.75) is 12.5 Å². The summed E-state index contributed by atoms with van der Waals surface area (Å²) in [4.78, 5) is 0. The highest BCUT2D eigenvalue weighted by Gasteiger charge is 2.26. The van der Waals surface area contributed by atoms with Crippen LogP contribution in [-0.2, 0) is 14.9 Å². The molecule has 1 aliphatic carbocycles. The molecule has 7 heteroatoms. The molecular formula is C8H11N3O3S. The predicted octanol–water partition coefficient (Wildman–Crippen LogP) is -0.579. The third-order valence-electron chi connectivity index (χ3n) is 2.26. The lowest BCUT2D eigenvalue weighted by atomic mass is 10.0. The van der Waals surface area contributed by atoms with Crippen LogP contribution in [0.25, 0.3) is 0 Å². The second kappa shape index (κ2) is 3.35. The highest BCUT2D eigenvalue weighted by molar-refractivity contribution is 7.88. The van der Waals surface area contributed by atoms with Crippen LogP contribution < -0.4 is 10.5 Å². The predicted molar refractivity (Wildman–Crippen MR) is 55.3 cm³/mol. The van der Waals surface area contributed by atoms with Gasteiger partial charge in [-0.1, -0.05) is 12.2 Å². The summed E-state index contributed by atoms with van der Waals surface area (Å²) in [6.45, 7) is 0. The molecule has 2 aliphatic rings. The van der Waals surface area contributed by atoms with Crippen LogP contribution in [0.2, 0.25) is 0 Å². The van der Waals surface area contributed by atoms with Crippen molar-refractivity contribution in [3.8, 4) is 0 Å². The third kappa shape index (κ3) is 1.88. The van der Waals surface area contributed by atoms with E-state index in [4.69, 9.17) is 10.5 Å². The molecule has 0 radical (unpaired) electrons. The Morgan fingerprint density at radius 1 is 1.67 bits per heavy atom. The average molecular weight is 229 g/mol. The van der Waals surface area contributed by atoms with Crippen LogP contribution in [0.1, 0.15) is 6.42 Å². The van der Waals surface area contributed by atoms with Crippen LogP contribution >= 0.6 is 0 Å². The summed E-state index contributed by atoms with van der Waals surface area (Å²) < 4.78 is 33.3. The van der Waals surface area contributed by atoms with E-state index in [1.54, 1.807) is 13.2 Å². The quantitative estimate of drug-likeness (QED) is 0.629. The largest absolute Gasteiger partial charge is 0.382 e. The number of hydrogen-bond acceptors (Lipinski definition) is 4. The topological polar surface area (TPSA) is 93.8 Å². The zero-order valence-electron chi connectivity index (χ0n) is 8.10. The zero-order chi connectivity index (χ0) is 11.1. The monoisotopic (exact) mass is 229 g/mol. The Morgan fingerprint density at radius 3 is 3.07 bits per heavy atom. The van der Waals surface area contributed by atoms with Gasteiger partial charge < -0.3 is 10.5 Å². The molecule has 0 aromatic rings. The zero-order valence-corrected chi connectivity index (χ0v) is 8.91. The first kappa shape index (κ1) is 10.2. The fourth-order valence-electron chi connectivity index (χ4n) is 1.54. The minimum absolute atomic E-state index is 0.0227. The summed E-state index contributed by atoms with van der Waals surface area (Å²) in [5, 5.41) is 0. The Balaban J connectivity index is 2.38. The van der Waals surface area contributed by atoms with Gasteiger partial charge in [-0.15, -0.1) is 4.40 Å². The molecular weight excluding hydrogens is 218 g/mol. The Morgan fingerprint density at radius 2 is 2.40 bits per heavy atom. The van der Waals surface area contributed by atoms with Gasteiger partial charge in [0.05, 0.1) is 6.10 Å². The molecule has 0 saturated heterocycles. The van der Waals surface area contributed by atoms with E-state index in [-0.39, 0.29) is 11.9 Å². The molecule has 2 rings (SSSR count). The third-order valence-corrected chi connectivity index (χ3v) is 3.20. The fourth-order valence-corrected chi connectivity index (χ4v) is 2.45. The van der Waals surface area contributed by atoms with Crippen molar-refractivity contribution < 1.29 is 13.2 Å². The molecule has 0 aromatic carbocycles. The maximum absolute atomic E-state index is 11.2. The lowest BCUT2D eigenvalue weighted by molar-refractivity contribution is 0.139. The molecule has 15 heavy (non-hydrogen) atoms. The van der Waals surface area contributed by atoms with E-state index in [1.807, 2.05) is 6.08 Å². The van der Waals surface area contributed by atoms with Crippen molar-refractivity contribution >= 4 is 16.0 Å². The molecule has 1 unspecified atom stereocenters. The van der Waals surface area contributed by atoms with Crippen LogP contribution in [0, 0.1) is 0 Å². The van der Waals surface area contributed by atoms with Crippen molar-refractivity contribution in [3.63, 3.8) is 0 Å². The standard InChI is InChI=1S/C8H11N3O3S/c1-14-5-2-3-6-7(4-5)10-15(12,13)11-8(6)9/h2-3,5,10H,4H2,1H3,(H2,9,11). The van der Waals surface area contributed by atoms with Gasteiger partial charge in [0.25, 0.3) is 0 Å². The van der Waals surface area contributed by atoms with E-state index in [9.17, 15) is 8.42 Å². The molecule has 82 valence electrons. The number of methoxy groups -OCH3 is 1. The van der Waals surface area contributed by atoms with E-state index in [0.717, 1.165) is 0 Å². The number of amidine groups is 1. The number of ether oxygens (including phenoxy) is 1. The highest BCUT2D eigenvalue weighted by atomic mass is 32.2. The van der Waals surface area contributed by atoms with Crippen molar-refractivity contribution in [2.75, 3.05) is 7.11 Å². The van der Waals surface area contributed by atoms with E-state index in [2.05, 4.69) is 9.12 Å². The molecule has 0 amide bonds. The van der Waals surface area contributed by atoms with Gasteiger partial charge in [-0.05, 0) is 0 Å². The Kier molecular flexibility index (Phi) is 2.28. The van der Waals surface area contributed by atoms with Crippen molar-refractivity contribution in [1.82, 2.24) is 4.72 Å². The molecule has 0 fully saturated rings. The van der Waals surface area contributed by atoms with E-state index < -0.39 is 10.2 Å². The molecule has 0 bridgehead atoms. The summed E-state index contributed by atoms with van der Waals surface area (Å²) in [5.41, 5.74) is 6.69. The van der Waals surface area contributed by atoms with Gasteiger partial charge in [0.2, 0.25) is 0 Å². The van der Waals surface area contributed by atoms with Crippen LogP contribution in [0.4, 0.5) is 0 Å². The summed E-state index contributed by atoms with van der Waals surface area (Å²) in [6.07, 6.45) is 3.86. The molecule has 0 spiro atoms. The van der Waals surface area contributed by atoms with Crippen LogP contribution in [0.15, 0.2) is 27.8 Å². The summed E-state index contributed by atoms with van der Waals surface area (Å²) >= 11 is 0. The minimum Gasteiger partial charge on any atom is -0.382 e.